The summed E-state index contributed by atoms with van der Waals surface area (Å²) in [5.74, 6) is 5.20. The van der Waals surface area contributed by atoms with Crippen molar-refractivity contribution in [3.05, 3.63) is 24.3 Å². The second-order valence-corrected chi connectivity index (χ2v) is 8.76. The second-order valence-electron chi connectivity index (χ2n) is 4.55. The van der Waals surface area contributed by atoms with Crippen molar-refractivity contribution >= 4 is 25.5 Å². The van der Waals surface area contributed by atoms with Gasteiger partial charge in [-0.1, -0.05) is 12.1 Å². The van der Waals surface area contributed by atoms with E-state index in [2.05, 4.69) is 5.43 Å². The Kier molecular flexibility index (Phi) is 4.33. The number of nitrogen functional groups attached to an aromatic ring is 1. The van der Waals surface area contributed by atoms with Crippen molar-refractivity contribution in [3.63, 3.8) is 0 Å². The number of nitrogens with zero attached hydrogens (tertiary/aromatic N) is 1. The molecule has 0 aromatic heterocycles. The van der Waals surface area contributed by atoms with Crippen LogP contribution in [0.3, 0.4) is 0 Å². The highest BCUT2D eigenvalue weighted by Gasteiger charge is 2.30. The van der Waals surface area contributed by atoms with Crippen LogP contribution in [0.2, 0.25) is 0 Å². The van der Waals surface area contributed by atoms with Crippen molar-refractivity contribution in [1.29, 1.82) is 0 Å². The average Bonchev–Trinajstić information content (AvgIpc) is 2.60. The van der Waals surface area contributed by atoms with Gasteiger partial charge in [-0.2, -0.15) is 4.31 Å². The predicted octanol–water partition coefficient (Wildman–Crippen LogP) is -0.219. The first-order valence-corrected chi connectivity index (χ1v) is 9.39. The quantitative estimate of drug-likeness (QED) is 0.589. The highest BCUT2D eigenvalue weighted by atomic mass is 32.2. The van der Waals surface area contributed by atoms with Gasteiger partial charge in [0.25, 0.3) is 0 Å². The molecular formula is C11H17N3O4S2. The summed E-state index contributed by atoms with van der Waals surface area (Å²) in [6.07, 6.45) is 0.305. The van der Waals surface area contributed by atoms with Crippen molar-refractivity contribution in [2.24, 2.45) is 5.84 Å². The van der Waals surface area contributed by atoms with Crippen LogP contribution < -0.4 is 11.3 Å². The van der Waals surface area contributed by atoms with Gasteiger partial charge in [-0.15, -0.1) is 0 Å². The Morgan fingerprint density at radius 1 is 1.15 bits per heavy atom. The van der Waals surface area contributed by atoms with Crippen LogP contribution in [0, 0.1) is 0 Å². The van der Waals surface area contributed by atoms with Crippen LogP contribution in [0.15, 0.2) is 29.2 Å². The molecule has 1 heterocycles. The monoisotopic (exact) mass is 319 g/mol. The van der Waals surface area contributed by atoms with Crippen LogP contribution in [-0.2, 0) is 19.9 Å². The van der Waals surface area contributed by atoms with E-state index < -0.39 is 19.9 Å². The number of nitrogens with two attached hydrogens (primary N) is 1. The molecule has 0 bridgehead atoms. The number of hydrogen-bond acceptors (Lipinski definition) is 6. The largest absolute Gasteiger partial charge is 0.323 e. The van der Waals surface area contributed by atoms with Crippen LogP contribution in [0.25, 0.3) is 0 Å². The minimum atomic E-state index is -3.75. The third-order valence-electron chi connectivity index (χ3n) is 3.17. The third-order valence-corrected chi connectivity index (χ3v) is 6.85. The standard InChI is InChI=1S/C11H17N3O4S2/c12-13-10-4-1-2-5-11(10)20(17,18)14-6-3-8-19(15,16)9-7-14/h1-2,4-5,13H,3,6-9,12H2. The lowest BCUT2D eigenvalue weighted by Gasteiger charge is -2.20. The SMILES string of the molecule is NNc1ccccc1S(=O)(=O)N1CCCS(=O)(=O)CC1. The van der Waals surface area contributed by atoms with Crippen LogP contribution in [0.4, 0.5) is 5.69 Å². The zero-order valence-electron chi connectivity index (χ0n) is 10.8. The van der Waals surface area contributed by atoms with Crippen LogP contribution in [0.1, 0.15) is 6.42 Å². The number of benzene rings is 1. The first-order valence-electron chi connectivity index (χ1n) is 6.13. The summed E-state index contributed by atoms with van der Waals surface area (Å²) in [6, 6.07) is 6.27. The number of para-hydroxylation sites is 1. The van der Waals surface area contributed by atoms with Crippen molar-refractivity contribution in [1.82, 2.24) is 4.31 Å². The van der Waals surface area contributed by atoms with Gasteiger partial charge in [-0.3, -0.25) is 5.84 Å². The molecule has 0 unspecified atom stereocenters. The molecule has 1 aliphatic rings. The summed E-state index contributed by atoms with van der Waals surface area (Å²) in [5, 5.41) is 0. The van der Waals surface area contributed by atoms with Crippen molar-refractivity contribution < 1.29 is 16.8 Å². The summed E-state index contributed by atoms with van der Waals surface area (Å²) >= 11 is 0. The maximum absolute atomic E-state index is 12.6. The first-order chi connectivity index (χ1) is 9.37. The van der Waals surface area contributed by atoms with E-state index in [1.54, 1.807) is 18.2 Å². The first kappa shape index (κ1) is 15.2. The van der Waals surface area contributed by atoms with Gasteiger partial charge in [-0.05, 0) is 18.6 Å². The second kappa shape index (κ2) is 5.68. The summed E-state index contributed by atoms with van der Waals surface area (Å²) in [5.41, 5.74) is 2.64. The number of hydrazine groups is 1. The summed E-state index contributed by atoms with van der Waals surface area (Å²) in [6.45, 7) is 0.171. The van der Waals surface area contributed by atoms with Crippen molar-refractivity contribution in [3.8, 4) is 0 Å². The zero-order chi connectivity index (χ0) is 14.8. The molecule has 1 aliphatic heterocycles. The summed E-state index contributed by atoms with van der Waals surface area (Å²) < 4.78 is 49.4. The molecule has 0 radical (unpaired) electrons. The van der Waals surface area contributed by atoms with Gasteiger partial charge in [0.2, 0.25) is 10.0 Å². The maximum atomic E-state index is 12.6. The molecule has 7 nitrogen and oxygen atoms in total. The Bertz CT molecular complexity index is 685. The topological polar surface area (TPSA) is 110 Å². The van der Waals surface area contributed by atoms with E-state index in [-0.39, 0.29) is 29.5 Å². The number of anilines is 1. The number of sulfonamides is 1. The van der Waals surface area contributed by atoms with E-state index in [4.69, 9.17) is 5.84 Å². The molecule has 9 heteroatoms. The molecule has 20 heavy (non-hydrogen) atoms. The minimum Gasteiger partial charge on any atom is -0.323 e. The Labute approximate surface area is 118 Å². The third kappa shape index (κ3) is 3.11. The molecule has 3 N–H and O–H groups in total. The summed E-state index contributed by atoms with van der Waals surface area (Å²) in [4.78, 5) is 0.0572. The maximum Gasteiger partial charge on any atom is 0.245 e. The molecular weight excluding hydrogens is 302 g/mol. The van der Waals surface area contributed by atoms with Crippen LogP contribution in [-0.4, -0.2) is 45.7 Å². The van der Waals surface area contributed by atoms with E-state index in [1.165, 1.54) is 10.4 Å². The van der Waals surface area contributed by atoms with Crippen molar-refractivity contribution in [2.75, 3.05) is 30.0 Å². The van der Waals surface area contributed by atoms with E-state index >= 15 is 0 Å². The smallest absolute Gasteiger partial charge is 0.245 e. The van der Waals surface area contributed by atoms with Gasteiger partial charge in [0, 0.05) is 13.1 Å². The Hall–Kier alpha value is -1.16. The Morgan fingerprint density at radius 3 is 2.55 bits per heavy atom. The molecule has 0 atom stereocenters. The Balaban J connectivity index is 2.35. The molecule has 1 aromatic carbocycles. The van der Waals surface area contributed by atoms with Gasteiger partial charge in [0.05, 0.1) is 17.2 Å². The molecule has 0 amide bonds. The number of rotatable bonds is 3. The fourth-order valence-electron chi connectivity index (χ4n) is 2.11. The summed E-state index contributed by atoms with van der Waals surface area (Å²) in [7, 11) is -6.91. The van der Waals surface area contributed by atoms with Gasteiger partial charge in [-0.25, -0.2) is 16.8 Å². The molecule has 2 rings (SSSR count). The minimum absolute atomic E-state index is 0.0236. The lowest BCUT2D eigenvalue weighted by molar-refractivity contribution is 0.435. The van der Waals surface area contributed by atoms with Gasteiger partial charge in [0.1, 0.15) is 4.90 Å². The van der Waals surface area contributed by atoms with Gasteiger partial charge < -0.3 is 5.43 Å². The lowest BCUT2D eigenvalue weighted by atomic mass is 10.3. The number of hydrogen-bond donors (Lipinski definition) is 2. The highest BCUT2D eigenvalue weighted by Crippen LogP contribution is 2.24. The Morgan fingerprint density at radius 2 is 1.85 bits per heavy atom. The molecule has 1 aromatic rings. The number of nitrogens with one attached hydrogen (secondary N) is 1. The average molecular weight is 319 g/mol. The van der Waals surface area contributed by atoms with Crippen LogP contribution >= 0.6 is 0 Å². The van der Waals surface area contributed by atoms with Gasteiger partial charge in [0.15, 0.2) is 9.84 Å². The van der Waals surface area contributed by atoms with Crippen molar-refractivity contribution in [2.45, 2.75) is 11.3 Å². The van der Waals surface area contributed by atoms with E-state index in [1.807, 2.05) is 0 Å². The normalized spacial score (nSPS) is 20.2. The van der Waals surface area contributed by atoms with Crippen LogP contribution in [0.5, 0.6) is 0 Å². The molecule has 0 aliphatic carbocycles. The van der Waals surface area contributed by atoms with E-state index in [0.29, 0.717) is 12.1 Å². The number of sulfone groups is 1. The molecule has 112 valence electrons. The lowest BCUT2D eigenvalue weighted by Crippen LogP contribution is -2.34. The molecule has 1 fully saturated rings. The van der Waals surface area contributed by atoms with E-state index in [9.17, 15) is 16.8 Å². The zero-order valence-corrected chi connectivity index (χ0v) is 12.5. The predicted molar refractivity (Wildman–Crippen MR) is 76.3 cm³/mol. The molecule has 0 spiro atoms. The fourth-order valence-corrected chi connectivity index (χ4v) is 5.13. The van der Waals surface area contributed by atoms with E-state index in [0.717, 1.165) is 0 Å². The highest BCUT2D eigenvalue weighted by molar-refractivity contribution is 7.91. The molecule has 0 saturated carbocycles. The fraction of sp³-hybridized carbons (Fsp3) is 0.455. The van der Waals surface area contributed by atoms with Gasteiger partial charge >= 0.3 is 0 Å². The molecule has 1 saturated heterocycles.